The van der Waals surface area contributed by atoms with Crippen molar-refractivity contribution in [3.63, 3.8) is 0 Å². The predicted molar refractivity (Wildman–Crippen MR) is 126 cm³/mol. The van der Waals surface area contributed by atoms with E-state index in [1.165, 1.54) is 6.07 Å². The molecule has 2 bridgehead atoms. The van der Waals surface area contributed by atoms with Crippen molar-refractivity contribution in [2.75, 3.05) is 0 Å². The molecular formula is C26H25Cl2FN2O2. The third-order valence-electron chi connectivity index (χ3n) is 7.23. The number of hydrogen-bond donors (Lipinski definition) is 0. The molecule has 172 valence electrons. The van der Waals surface area contributed by atoms with E-state index in [9.17, 15) is 10.1 Å². The molecule has 7 heteroatoms. The number of halogens is 3. The molecule has 1 aliphatic carbocycles. The van der Waals surface area contributed by atoms with Gasteiger partial charge in [-0.15, -0.1) is 0 Å². The highest BCUT2D eigenvalue weighted by Crippen LogP contribution is 2.62. The Hall–Kier alpha value is -2.13. The number of rotatable bonds is 1. The monoisotopic (exact) mass is 486 g/mol. The van der Waals surface area contributed by atoms with Crippen molar-refractivity contribution < 1.29 is 13.9 Å². The van der Waals surface area contributed by atoms with Gasteiger partial charge in [0, 0.05) is 27.6 Å². The summed E-state index contributed by atoms with van der Waals surface area (Å²) in [6, 6.07) is 9.71. The van der Waals surface area contributed by atoms with E-state index >= 15 is 4.39 Å². The van der Waals surface area contributed by atoms with Gasteiger partial charge in [-0.2, -0.15) is 5.26 Å². The van der Waals surface area contributed by atoms with E-state index in [1.54, 1.807) is 18.2 Å². The fourth-order valence-electron chi connectivity index (χ4n) is 6.33. The van der Waals surface area contributed by atoms with Crippen LogP contribution in [0.5, 0.6) is 0 Å². The van der Waals surface area contributed by atoms with Gasteiger partial charge in [-0.05, 0) is 66.6 Å². The Morgan fingerprint density at radius 2 is 1.82 bits per heavy atom. The van der Waals surface area contributed by atoms with E-state index in [1.807, 2.05) is 24.8 Å². The number of carbonyl (C=O) groups excluding carboxylic acids is 1. The Labute approximate surface area is 203 Å². The van der Waals surface area contributed by atoms with Gasteiger partial charge in [0.15, 0.2) is 5.72 Å². The minimum atomic E-state index is -1.35. The first-order valence-electron chi connectivity index (χ1n) is 11.0. The molecule has 0 unspecified atom stereocenters. The van der Waals surface area contributed by atoms with Gasteiger partial charge in [-0.25, -0.2) is 9.29 Å². The van der Waals surface area contributed by atoms with Gasteiger partial charge in [0.1, 0.15) is 17.3 Å². The molecule has 33 heavy (non-hydrogen) atoms. The molecule has 2 heterocycles. The number of fused-ring (bicyclic) bond motifs is 9. The molecule has 2 saturated heterocycles. The smallest absolute Gasteiger partial charge is 0.325 e. The van der Waals surface area contributed by atoms with E-state index in [0.717, 1.165) is 5.56 Å². The molecule has 5 rings (SSSR count). The maximum atomic E-state index is 15.9. The van der Waals surface area contributed by atoms with Crippen LogP contribution in [0.4, 0.5) is 4.39 Å². The maximum absolute atomic E-state index is 15.9. The molecule has 4 nitrogen and oxygen atoms in total. The first kappa shape index (κ1) is 22.7. The van der Waals surface area contributed by atoms with Gasteiger partial charge in [0.25, 0.3) is 0 Å². The number of ether oxygens (including phenoxy) is 1. The summed E-state index contributed by atoms with van der Waals surface area (Å²) in [5.74, 6) is -1.60. The highest BCUT2D eigenvalue weighted by molar-refractivity contribution is 6.31. The summed E-state index contributed by atoms with van der Waals surface area (Å²) in [4.78, 5) is 15.3. The van der Waals surface area contributed by atoms with E-state index in [2.05, 4.69) is 26.8 Å². The fourth-order valence-corrected chi connectivity index (χ4v) is 6.77. The lowest BCUT2D eigenvalue weighted by atomic mass is 9.62. The number of cyclic esters (lactones) is 1. The molecule has 0 spiro atoms. The highest BCUT2D eigenvalue weighted by Gasteiger charge is 2.71. The normalized spacial score (nSPS) is 29.5. The van der Waals surface area contributed by atoms with Gasteiger partial charge in [-0.3, -0.25) is 4.79 Å². The summed E-state index contributed by atoms with van der Waals surface area (Å²) < 4.78 is 21.7. The lowest BCUT2D eigenvalue weighted by molar-refractivity contribution is -0.152. The zero-order valence-electron chi connectivity index (χ0n) is 19.2. The molecule has 4 atom stereocenters. The van der Waals surface area contributed by atoms with Crippen LogP contribution in [0.25, 0.3) is 11.1 Å². The Kier molecular flexibility index (Phi) is 4.77. The number of nitriles is 1. The first-order chi connectivity index (χ1) is 15.3. The molecule has 3 aliphatic rings. The van der Waals surface area contributed by atoms with Crippen LogP contribution in [0.15, 0.2) is 30.3 Å². The topological polar surface area (TPSA) is 53.3 Å². The second-order valence-corrected chi connectivity index (χ2v) is 11.9. The molecule has 0 aromatic heterocycles. The standard InChI is InChI=1S/C26H25Cl2FN2O2/c1-24(2,3)11-19-26(12-30)20(22-23(32)33-25(4,5)31(19)22)14-6-13(7-15(27)8-14)17-9-16(28)10-18(29)21(17)26/h6-10,19-20,22H,11H2,1-5H3/t19-,20-,22+,26-/m0/s1. The second kappa shape index (κ2) is 6.95. The lowest BCUT2D eigenvalue weighted by Crippen LogP contribution is -2.52. The Morgan fingerprint density at radius 1 is 1.15 bits per heavy atom. The molecule has 0 amide bonds. The van der Waals surface area contributed by atoms with Crippen LogP contribution in [-0.2, 0) is 14.9 Å². The summed E-state index contributed by atoms with van der Waals surface area (Å²) >= 11 is 12.8. The molecule has 2 aliphatic heterocycles. The molecule has 2 aromatic rings. The molecule has 2 fully saturated rings. The van der Waals surface area contributed by atoms with E-state index < -0.39 is 40.9 Å². The average molecular weight is 487 g/mol. The molecule has 0 saturated carbocycles. The quantitative estimate of drug-likeness (QED) is 0.435. The largest absolute Gasteiger partial charge is 0.443 e. The van der Waals surface area contributed by atoms with Gasteiger partial charge in [0.2, 0.25) is 0 Å². The number of hydrogen-bond acceptors (Lipinski definition) is 4. The molecule has 0 N–H and O–H groups in total. The van der Waals surface area contributed by atoms with Crippen molar-refractivity contribution in [1.29, 1.82) is 5.26 Å². The summed E-state index contributed by atoms with van der Waals surface area (Å²) in [5, 5.41) is 11.7. The molecule has 2 aromatic carbocycles. The average Bonchev–Trinajstić information content (AvgIpc) is 3.05. The number of esters is 1. The van der Waals surface area contributed by atoms with Crippen molar-refractivity contribution in [2.45, 2.75) is 70.2 Å². The third kappa shape index (κ3) is 3.07. The van der Waals surface area contributed by atoms with Crippen molar-refractivity contribution in [1.82, 2.24) is 4.90 Å². The van der Waals surface area contributed by atoms with Crippen molar-refractivity contribution >= 4 is 29.2 Å². The van der Waals surface area contributed by atoms with Crippen molar-refractivity contribution in [3.05, 3.63) is 57.3 Å². The zero-order valence-corrected chi connectivity index (χ0v) is 20.7. The van der Waals surface area contributed by atoms with E-state index in [0.29, 0.717) is 22.6 Å². The van der Waals surface area contributed by atoms with Crippen LogP contribution in [-0.4, -0.2) is 28.7 Å². The third-order valence-corrected chi connectivity index (χ3v) is 7.67. The minimum Gasteiger partial charge on any atom is -0.443 e. The summed E-state index contributed by atoms with van der Waals surface area (Å²) in [6.45, 7) is 9.91. The van der Waals surface area contributed by atoms with E-state index in [-0.39, 0.29) is 16.0 Å². The summed E-state index contributed by atoms with van der Waals surface area (Å²) in [7, 11) is 0. The second-order valence-electron chi connectivity index (χ2n) is 11.0. The molecular weight excluding hydrogens is 462 g/mol. The van der Waals surface area contributed by atoms with E-state index in [4.69, 9.17) is 27.9 Å². The summed E-state index contributed by atoms with van der Waals surface area (Å²) in [6.07, 6.45) is 0.554. The van der Waals surface area contributed by atoms with Crippen LogP contribution >= 0.6 is 23.2 Å². The Bertz CT molecular complexity index is 1250. The van der Waals surface area contributed by atoms with Gasteiger partial charge in [-0.1, -0.05) is 50.0 Å². The van der Waals surface area contributed by atoms with Crippen LogP contribution in [0.1, 0.15) is 58.1 Å². The minimum absolute atomic E-state index is 0.207. The predicted octanol–water partition coefficient (Wildman–Crippen LogP) is 6.44. The van der Waals surface area contributed by atoms with Crippen LogP contribution in [0.3, 0.4) is 0 Å². The summed E-state index contributed by atoms with van der Waals surface area (Å²) in [5.41, 5.74) is -0.267. The van der Waals surface area contributed by atoms with Crippen molar-refractivity contribution in [3.8, 4) is 17.2 Å². The van der Waals surface area contributed by atoms with Crippen LogP contribution in [0, 0.1) is 22.6 Å². The number of benzene rings is 2. The first-order valence-corrected chi connectivity index (χ1v) is 11.8. The van der Waals surface area contributed by atoms with Gasteiger partial charge >= 0.3 is 5.97 Å². The number of nitrogens with zero attached hydrogens (tertiary/aromatic N) is 2. The Balaban J connectivity index is 1.94. The highest BCUT2D eigenvalue weighted by atomic mass is 35.5. The maximum Gasteiger partial charge on any atom is 0.325 e. The number of carbonyl (C=O) groups is 1. The zero-order chi connectivity index (χ0) is 24.1. The van der Waals surface area contributed by atoms with Gasteiger partial charge < -0.3 is 4.74 Å². The van der Waals surface area contributed by atoms with Crippen LogP contribution < -0.4 is 0 Å². The van der Waals surface area contributed by atoms with Crippen molar-refractivity contribution in [2.24, 2.45) is 5.41 Å². The van der Waals surface area contributed by atoms with Crippen LogP contribution in [0.2, 0.25) is 10.0 Å². The molecule has 0 radical (unpaired) electrons. The SMILES string of the molecule is CC(C)(C)C[C@@H]1N2[C@@H](C(=O)OC2(C)C)[C@@H]2c3cc(Cl)cc(c3)-c3cc(Cl)cc(F)c3[C@@]12C#N. The van der Waals surface area contributed by atoms with Gasteiger partial charge in [0.05, 0.1) is 6.07 Å². The lowest BCUT2D eigenvalue weighted by Gasteiger charge is -2.42. The fraction of sp³-hybridized carbons (Fsp3) is 0.462. The Morgan fingerprint density at radius 3 is 2.45 bits per heavy atom.